The average Bonchev–Trinajstić information content (AvgIpc) is 2.77. The van der Waals surface area contributed by atoms with Crippen LogP contribution in [-0.4, -0.2) is 60.3 Å². The molecule has 0 saturated carbocycles. The number of rotatable bonds is 12. The fourth-order valence-corrected chi connectivity index (χ4v) is 2.63. The Morgan fingerprint density at radius 2 is 1.27 bits per heavy atom. The molecule has 0 saturated heterocycles. The molecule has 0 radical (unpaired) electrons. The second-order valence-electron chi connectivity index (χ2n) is 7.62. The van der Waals surface area contributed by atoms with Gasteiger partial charge in [-0.1, -0.05) is 31.5 Å². The maximum Gasteiger partial charge on any atom is 0.460 e. The first-order valence-corrected chi connectivity index (χ1v) is 10.1. The van der Waals surface area contributed by atoms with Crippen LogP contribution in [0.25, 0.3) is 0 Å². The Kier molecular flexibility index (Phi) is 9.54. The van der Waals surface area contributed by atoms with Gasteiger partial charge in [0.25, 0.3) is 5.91 Å². The molecule has 1 N–H and O–H groups in total. The van der Waals surface area contributed by atoms with Crippen LogP contribution in [0, 0.1) is 0 Å². The van der Waals surface area contributed by atoms with Crippen molar-refractivity contribution in [3.05, 3.63) is 35.9 Å². The molecule has 0 heterocycles. The van der Waals surface area contributed by atoms with E-state index in [0.29, 0.717) is 6.42 Å². The second kappa shape index (κ2) is 10.9. The summed E-state index contributed by atoms with van der Waals surface area (Å²) in [6.45, 7) is 0.997. The van der Waals surface area contributed by atoms with Gasteiger partial charge in [-0.3, -0.25) is 4.79 Å². The van der Waals surface area contributed by atoms with Crippen LogP contribution < -0.4 is 5.32 Å². The van der Waals surface area contributed by atoms with Crippen molar-refractivity contribution in [1.82, 2.24) is 5.32 Å². The molecule has 37 heavy (non-hydrogen) atoms. The van der Waals surface area contributed by atoms with E-state index in [-0.39, 0.29) is 12.0 Å². The number of carbonyl (C=O) groups excluding carboxylic acids is 2. The Hall–Kier alpha value is -2.75. The largest absolute Gasteiger partial charge is 0.464 e. The Morgan fingerprint density at radius 1 is 0.784 bits per heavy atom. The third-order valence-corrected chi connectivity index (χ3v) is 4.83. The number of carbonyl (C=O) groups is 2. The number of halogens is 13. The minimum Gasteiger partial charge on any atom is -0.464 e. The fourth-order valence-electron chi connectivity index (χ4n) is 2.63. The zero-order valence-corrected chi connectivity index (χ0v) is 18.4. The molecule has 4 nitrogen and oxygen atoms in total. The third kappa shape index (κ3) is 6.22. The average molecular weight is 567 g/mol. The molecule has 1 atom stereocenters. The predicted molar refractivity (Wildman–Crippen MR) is 99.0 cm³/mol. The molecular formula is C20H18F13NO3. The summed E-state index contributed by atoms with van der Waals surface area (Å²) in [6.07, 6.45) is -10.1. The van der Waals surface area contributed by atoms with Gasteiger partial charge in [0, 0.05) is 12.0 Å². The summed E-state index contributed by atoms with van der Waals surface area (Å²) in [4.78, 5) is 24.3. The Balaban J connectivity index is 3.41. The lowest BCUT2D eigenvalue weighted by molar-refractivity contribution is -0.440. The number of ether oxygens (including phenoxy) is 1. The van der Waals surface area contributed by atoms with E-state index in [9.17, 15) is 66.7 Å². The standard InChI is InChI=1S/C20H18F13NO3/c1-2-3-9-37-14(36)12(34-13(35)11-7-5-4-6-8-11)10-15(21,22)16(23,24)17(25,26)18(27,28)19(29,30)20(31,32)33/h4-8,12H,2-3,9-10H2,1H3,(H,34,35). The lowest BCUT2D eigenvalue weighted by atomic mass is 9.91. The maximum atomic E-state index is 14.3. The highest BCUT2D eigenvalue weighted by Crippen LogP contribution is 2.60. The zero-order chi connectivity index (χ0) is 29.1. The van der Waals surface area contributed by atoms with E-state index in [1.54, 1.807) is 6.92 Å². The molecule has 0 spiro atoms. The molecule has 0 aromatic heterocycles. The summed E-state index contributed by atoms with van der Waals surface area (Å²) in [5.41, 5.74) is -0.384. The number of amides is 1. The van der Waals surface area contributed by atoms with Gasteiger partial charge in [-0.15, -0.1) is 0 Å². The summed E-state index contributed by atoms with van der Waals surface area (Å²) in [5, 5.41) is 1.45. The lowest BCUT2D eigenvalue weighted by Gasteiger charge is -2.40. The Labute approximate surface area is 200 Å². The second-order valence-corrected chi connectivity index (χ2v) is 7.62. The van der Waals surface area contributed by atoms with Crippen LogP contribution in [-0.2, 0) is 9.53 Å². The van der Waals surface area contributed by atoms with Gasteiger partial charge in [0.1, 0.15) is 6.04 Å². The Bertz CT molecular complexity index is 933. The molecule has 1 rings (SSSR count). The van der Waals surface area contributed by atoms with Gasteiger partial charge in [-0.05, 0) is 18.6 Å². The third-order valence-electron chi connectivity index (χ3n) is 4.83. The van der Waals surface area contributed by atoms with Gasteiger partial charge in [0.2, 0.25) is 0 Å². The van der Waals surface area contributed by atoms with Crippen LogP contribution in [0.15, 0.2) is 30.3 Å². The first-order chi connectivity index (χ1) is 16.6. The van der Waals surface area contributed by atoms with Crippen molar-refractivity contribution in [3.8, 4) is 0 Å². The monoisotopic (exact) mass is 567 g/mol. The van der Waals surface area contributed by atoms with Crippen molar-refractivity contribution < 1.29 is 71.4 Å². The van der Waals surface area contributed by atoms with Crippen molar-refractivity contribution in [2.45, 2.75) is 68.0 Å². The quantitative estimate of drug-likeness (QED) is 0.185. The summed E-state index contributed by atoms with van der Waals surface area (Å²) in [5.74, 6) is -41.5. The van der Waals surface area contributed by atoms with Crippen LogP contribution in [0.3, 0.4) is 0 Å². The number of benzene rings is 1. The van der Waals surface area contributed by atoms with E-state index < -0.39 is 66.7 Å². The SMILES string of the molecule is CCCCOC(=O)C(CC(F)(F)C(F)(F)C(F)(F)C(F)(F)C(F)(F)C(F)(F)F)NC(=O)c1ccccc1. The van der Waals surface area contributed by atoms with E-state index in [1.807, 2.05) is 0 Å². The molecule has 1 aromatic carbocycles. The molecule has 17 heteroatoms. The van der Waals surface area contributed by atoms with Crippen LogP contribution in [0.5, 0.6) is 0 Å². The van der Waals surface area contributed by atoms with Crippen LogP contribution in [0.1, 0.15) is 36.5 Å². The fraction of sp³-hybridized carbons (Fsp3) is 0.600. The van der Waals surface area contributed by atoms with Gasteiger partial charge in [-0.2, -0.15) is 57.1 Å². The minimum atomic E-state index is -8.07. The Morgan fingerprint density at radius 3 is 1.73 bits per heavy atom. The number of hydrogen-bond donors (Lipinski definition) is 1. The van der Waals surface area contributed by atoms with Crippen LogP contribution >= 0.6 is 0 Å². The smallest absolute Gasteiger partial charge is 0.460 e. The number of nitrogens with one attached hydrogen (secondary N) is 1. The van der Waals surface area contributed by atoms with Gasteiger partial charge >= 0.3 is 41.8 Å². The van der Waals surface area contributed by atoms with E-state index in [1.165, 1.54) is 23.5 Å². The highest BCUT2D eigenvalue weighted by atomic mass is 19.4. The first kappa shape index (κ1) is 32.3. The normalized spacial score (nSPS) is 14.8. The number of hydrogen-bond acceptors (Lipinski definition) is 3. The topological polar surface area (TPSA) is 55.4 Å². The van der Waals surface area contributed by atoms with Crippen LogP contribution in [0.2, 0.25) is 0 Å². The molecule has 1 aromatic rings. The van der Waals surface area contributed by atoms with Gasteiger partial charge in [0.15, 0.2) is 0 Å². The molecule has 0 aliphatic heterocycles. The van der Waals surface area contributed by atoms with Crippen molar-refractivity contribution >= 4 is 11.9 Å². The van der Waals surface area contributed by atoms with Crippen molar-refractivity contribution in [2.75, 3.05) is 6.61 Å². The van der Waals surface area contributed by atoms with Crippen molar-refractivity contribution in [2.24, 2.45) is 0 Å². The molecule has 0 aliphatic carbocycles. The highest BCUT2D eigenvalue weighted by molar-refractivity contribution is 5.96. The zero-order valence-electron chi connectivity index (χ0n) is 18.4. The number of unbranched alkanes of at least 4 members (excludes halogenated alkanes) is 1. The molecule has 0 aliphatic rings. The van der Waals surface area contributed by atoms with E-state index in [0.717, 1.165) is 12.1 Å². The van der Waals surface area contributed by atoms with E-state index in [4.69, 9.17) is 0 Å². The van der Waals surface area contributed by atoms with Crippen molar-refractivity contribution in [3.63, 3.8) is 0 Å². The molecule has 0 bridgehead atoms. The molecule has 0 fully saturated rings. The molecule has 212 valence electrons. The molecule has 1 unspecified atom stereocenters. The van der Waals surface area contributed by atoms with Crippen LogP contribution in [0.4, 0.5) is 57.1 Å². The maximum absolute atomic E-state index is 14.3. The molecular weight excluding hydrogens is 549 g/mol. The summed E-state index contributed by atoms with van der Waals surface area (Å²) in [6, 6.07) is 2.90. The van der Waals surface area contributed by atoms with E-state index >= 15 is 0 Å². The predicted octanol–water partition coefficient (Wildman–Crippen LogP) is 6.26. The van der Waals surface area contributed by atoms with Crippen molar-refractivity contribution in [1.29, 1.82) is 0 Å². The number of esters is 1. The summed E-state index contributed by atoms with van der Waals surface area (Å²) >= 11 is 0. The van der Waals surface area contributed by atoms with Gasteiger partial charge in [0.05, 0.1) is 6.61 Å². The highest BCUT2D eigenvalue weighted by Gasteiger charge is 2.90. The minimum absolute atomic E-state index is 0.0640. The first-order valence-electron chi connectivity index (χ1n) is 10.1. The van der Waals surface area contributed by atoms with Gasteiger partial charge < -0.3 is 10.1 Å². The van der Waals surface area contributed by atoms with E-state index in [2.05, 4.69) is 4.74 Å². The van der Waals surface area contributed by atoms with Gasteiger partial charge in [-0.25, -0.2) is 4.79 Å². The lowest BCUT2D eigenvalue weighted by Crippen LogP contribution is -2.70. The summed E-state index contributed by atoms with van der Waals surface area (Å²) < 4.78 is 178. The molecule has 1 amide bonds. The number of alkyl halides is 13. The summed E-state index contributed by atoms with van der Waals surface area (Å²) in [7, 11) is 0.